The van der Waals surface area contributed by atoms with Gasteiger partial charge >= 0.3 is 0 Å². The number of hydrogen-bond acceptors (Lipinski definition) is 6. The van der Waals surface area contributed by atoms with Crippen molar-refractivity contribution in [3.8, 4) is 11.5 Å². The smallest absolute Gasteiger partial charge is 0.259 e. The van der Waals surface area contributed by atoms with Crippen LogP contribution < -0.4 is 14.8 Å². The fourth-order valence-corrected chi connectivity index (χ4v) is 5.29. The van der Waals surface area contributed by atoms with Crippen LogP contribution in [0.3, 0.4) is 0 Å². The summed E-state index contributed by atoms with van der Waals surface area (Å²) in [4.78, 5) is 14.0. The van der Waals surface area contributed by atoms with E-state index in [1.807, 2.05) is 26.2 Å². The molecule has 0 aliphatic heterocycles. The van der Waals surface area contributed by atoms with E-state index in [1.165, 1.54) is 26.4 Å². The first kappa shape index (κ1) is 23.1. The number of sulfone groups is 1. The first-order chi connectivity index (χ1) is 13.8. The van der Waals surface area contributed by atoms with Crippen molar-refractivity contribution in [2.75, 3.05) is 25.8 Å². The van der Waals surface area contributed by atoms with Crippen LogP contribution in [0.2, 0.25) is 0 Å². The zero-order valence-electron chi connectivity index (χ0n) is 17.3. The summed E-state index contributed by atoms with van der Waals surface area (Å²) in [5.41, 5.74) is 0.640. The Labute approximate surface area is 176 Å². The molecule has 0 bridgehead atoms. The van der Waals surface area contributed by atoms with Crippen molar-refractivity contribution in [1.29, 1.82) is 0 Å². The van der Waals surface area contributed by atoms with E-state index in [0.29, 0.717) is 35.6 Å². The SMILES string of the molecule is CCC(CC)S(=O)(=O)c1ccc(OC)c(NC(=O)c2ccc(SC)cc2OC)c1. The number of anilines is 1. The second-order valence-electron chi connectivity index (χ2n) is 6.37. The van der Waals surface area contributed by atoms with Gasteiger partial charge in [-0.1, -0.05) is 13.8 Å². The lowest BCUT2D eigenvalue weighted by molar-refractivity contribution is 0.102. The number of nitrogens with one attached hydrogen (secondary N) is 1. The molecule has 1 amide bonds. The lowest BCUT2D eigenvalue weighted by atomic mass is 10.1. The van der Waals surface area contributed by atoms with Crippen molar-refractivity contribution >= 4 is 33.2 Å². The average molecular weight is 438 g/mol. The van der Waals surface area contributed by atoms with Crippen LogP contribution in [0.15, 0.2) is 46.2 Å². The summed E-state index contributed by atoms with van der Waals surface area (Å²) in [5, 5.41) is 2.29. The molecule has 2 aromatic rings. The van der Waals surface area contributed by atoms with Gasteiger partial charge in [-0.3, -0.25) is 4.79 Å². The van der Waals surface area contributed by atoms with Gasteiger partial charge in [0, 0.05) is 4.90 Å². The molecule has 0 saturated carbocycles. The standard InChI is InChI=1S/C21H27NO5S2/c1-6-15(7-2)29(24,25)16-9-11-19(26-3)18(13-16)22-21(23)17-10-8-14(28-5)12-20(17)27-4/h8-13,15H,6-7H2,1-5H3,(H,22,23). The molecule has 0 atom stereocenters. The normalized spacial score (nSPS) is 11.4. The number of carbonyl (C=O) groups excluding carboxylic acids is 1. The molecule has 2 rings (SSSR count). The van der Waals surface area contributed by atoms with Gasteiger partial charge in [0.1, 0.15) is 11.5 Å². The number of methoxy groups -OCH3 is 2. The molecule has 0 aromatic heterocycles. The molecular formula is C21H27NO5S2. The molecule has 0 aliphatic rings. The summed E-state index contributed by atoms with van der Waals surface area (Å²) in [6.07, 6.45) is 2.97. The molecular weight excluding hydrogens is 410 g/mol. The highest BCUT2D eigenvalue weighted by Crippen LogP contribution is 2.32. The minimum absolute atomic E-state index is 0.159. The van der Waals surface area contributed by atoms with Gasteiger partial charge in [0.05, 0.1) is 35.6 Å². The zero-order valence-corrected chi connectivity index (χ0v) is 18.9. The monoisotopic (exact) mass is 437 g/mol. The molecule has 0 unspecified atom stereocenters. The van der Waals surface area contributed by atoms with E-state index in [2.05, 4.69) is 5.32 Å². The first-order valence-corrected chi connectivity index (χ1v) is 12.0. The van der Waals surface area contributed by atoms with Crippen LogP contribution in [0, 0.1) is 0 Å². The molecule has 29 heavy (non-hydrogen) atoms. The molecule has 0 heterocycles. The fourth-order valence-electron chi connectivity index (χ4n) is 3.06. The van der Waals surface area contributed by atoms with Crippen LogP contribution in [-0.4, -0.2) is 40.1 Å². The number of thioether (sulfide) groups is 1. The van der Waals surface area contributed by atoms with E-state index in [9.17, 15) is 13.2 Å². The zero-order chi connectivity index (χ0) is 21.6. The van der Waals surface area contributed by atoms with Gasteiger partial charge in [0.25, 0.3) is 5.91 Å². The minimum Gasteiger partial charge on any atom is -0.496 e. The summed E-state index contributed by atoms with van der Waals surface area (Å²) in [6.45, 7) is 3.70. The summed E-state index contributed by atoms with van der Waals surface area (Å²) in [7, 11) is -0.539. The molecule has 158 valence electrons. The van der Waals surface area contributed by atoms with E-state index in [0.717, 1.165) is 4.90 Å². The molecule has 0 aliphatic carbocycles. The minimum atomic E-state index is -3.51. The lowest BCUT2D eigenvalue weighted by Gasteiger charge is -2.17. The third-order valence-electron chi connectivity index (χ3n) is 4.75. The lowest BCUT2D eigenvalue weighted by Crippen LogP contribution is -2.20. The highest BCUT2D eigenvalue weighted by atomic mass is 32.2. The van der Waals surface area contributed by atoms with Crippen molar-refractivity contribution in [2.45, 2.75) is 41.7 Å². The molecule has 6 nitrogen and oxygen atoms in total. The number of carbonyl (C=O) groups is 1. The Morgan fingerprint density at radius 2 is 1.69 bits per heavy atom. The van der Waals surface area contributed by atoms with Gasteiger partial charge in [0.15, 0.2) is 9.84 Å². The fraction of sp³-hybridized carbons (Fsp3) is 0.381. The van der Waals surface area contributed by atoms with Crippen molar-refractivity contribution in [1.82, 2.24) is 0 Å². The maximum absolute atomic E-state index is 12.9. The van der Waals surface area contributed by atoms with Gasteiger partial charge < -0.3 is 14.8 Å². The predicted octanol–water partition coefficient (Wildman–Crippen LogP) is 4.64. The Morgan fingerprint density at radius 1 is 1.03 bits per heavy atom. The van der Waals surface area contributed by atoms with Crippen LogP contribution >= 0.6 is 11.8 Å². The molecule has 2 aromatic carbocycles. The molecule has 0 spiro atoms. The number of benzene rings is 2. The highest BCUT2D eigenvalue weighted by molar-refractivity contribution is 7.98. The number of amides is 1. The van der Waals surface area contributed by atoms with E-state index < -0.39 is 21.0 Å². The van der Waals surface area contributed by atoms with Crippen LogP contribution in [0.5, 0.6) is 11.5 Å². The van der Waals surface area contributed by atoms with Gasteiger partial charge in [-0.25, -0.2) is 8.42 Å². The van der Waals surface area contributed by atoms with Gasteiger partial charge in [0.2, 0.25) is 0 Å². The van der Waals surface area contributed by atoms with Crippen molar-refractivity contribution in [3.63, 3.8) is 0 Å². The topological polar surface area (TPSA) is 81.7 Å². The third-order valence-corrected chi connectivity index (χ3v) is 7.93. The number of hydrogen-bond donors (Lipinski definition) is 1. The average Bonchev–Trinajstić information content (AvgIpc) is 2.73. The van der Waals surface area contributed by atoms with Crippen LogP contribution in [0.1, 0.15) is 37.0 Å². The van der Waals surface area contributed by atoms with Crippen LogP contribution in [-0.2, 0) is 9.84 Å². The molecule has 0 radical (unpaired) electrons. The Bertz CT molecular complexity index is 969. The predicted molar refractivity (Wildman–Crippen MR) is 117 cm³/mol. The Balaban J connectivity index is 2.43. The maximum Gasteiger partial charge on any atom is 0.259 e. The van der Waals surface area contributed by atoms with Gasteiger partial charge in [-0.2, -0.15) is 0 Å². The van der Waals surface area contributed by atoms with Crippen molar-refractivity contribution in [3.05, 3.63) is 42.0 Å². The maximum atomic E-state index is 12.9. The van der Waals surface area contributed by atoms with E-state index in [4.69, 9.17) is 9.47 Å². The third kappa shape index (κ3) is 5.05. The highest BCUT2D eigenvalue weighted by Gasteiger charge is 2.26. The van der Waals surface area contributed by atoms with Crippen molar-refractivity contribution < 1.29 is 22.7 Å². The summed E-state index contributed by atoms with van der Waals surface area (Å²) in [6, 6.07) is 9.80. The van der Waals surface area contributed by atoms with Crippen LogP contribution in [0.4, 0.5) is 5.69 Å². The summed E-state index contributed by atoms with van der Waals surface area (Å²) in [5.74, 6) is 0.403. The Kier molecular flexibility index (Phi) is 7.98. The van der Waals surface area contributed by atoms with Gasteiger partial charge in [-0.15, -0.1) is 11.8 Å². The first-order valence-electron chi connectivity index (χ1n) is 9.27. The summed E-state index contributed by atoms with van der Waals surface area (Å²) < 4.78 is 36.4. The van der Waals surface area contributed by atoms with E-state index in [-0.39, 0.29) is 4.90 Å². The van der Waals surface area contributed by atoms with Crippen molar-refractivity contribution in [2.24, 2.45) is 0 Å². The molecule has 1 N–H and O–H groups in total. The van der Waals surface area contributed by atoms with Gasteiger partial charge in [-0.05, 0) is 55.5 Å². The second kappa shape index (κ2) is 10.0. The van der Waals surface area contributed by atoms with Crippen LogP contribution in [0.25, 0.3) is 0 Å². The molecule has 8 heteroatoms. The quantitative estimate of drug-likeness (QED) is 0.576. The summed E-state index contributed by atoms with van der Waals surface area (Å²) >= 11 is 1.54. The molecule has 0 fully saturated rings. The second-order valence-corrected chi connectivity index (χ2v) is 9.47. The molecule has 0 saturated heterocycles. The number of ether oxygens (including phenoxy) is 2. The van der Waals surface area contributed by atoms with E-state index >= 15 is 0 Å². The van der Waals surface area contributed by atoms with E-state index in [1.54, 1.807) is 30.0 Å². The Morgan fingerprint density at radius 3 is 2.24 bits per heavy atom. The largest absolute Gasteiger partial charge is 0.496 e. The Hall–Kier alpha value is -2.19. The number of rotatable bonds is 9.